The van der Waals surface area contributed by atoms with E-state index < -0.39 is 42.0 Å². The minimum absolute atomic E-state index is 0.0144. The molecule has 164 valence electrons. The summed E-state index contributed by atoms with van der Waals surface area (Å²) in [5.41, 5.74) is 6.73. The number of phenolic OH excluding ortho intramolecular Hbond substituents is 1. The molecule has 0 spiro atoms. The van der Waals surface area contributed by atoms with Crippen LogP contribution in [0.5, 0.6) is 11.5 Å². The van der Waals surface area contributed by atoms with E-state index in [0.29, 0.717) is 16.9 Å². The number of nitrogens with two attached hydrogens (primary N) is 1. The number of nitrogens with zero attached hydrogens (tertiary/aromatic N) is 2. The number of phenols is 1. The van der Waals surface area contributed by atoms with E-state index >= 15 is 0 Å². The Balaban J connectivity index is 1.95. The van der Waals surface area contributed by atoms with Crippen molar-refractivity contribution in [3.63, 3.8) is 0 Å². The zero-order valence-electron chi connectivity index (χ0n) is 17.0. The van der Waals surface area contributed by atoms with Gasteiger partial charge in [-0.3, -0.25) is 10.1 Å². The van der Waals surface area contributed by atoms with E-state index in [-0.39, 0.29) is 12.4 Å². The van der Waals surface area contributed by atoms with Crippen LogP contribution in [0.4, 0.5) is 9.18 Å². The second-order valence-corrected chi connectivity index (χ2v) is 7.43. The molecule has 2 aliphatic heterocycles. The third kappa shape index (κ3) is 3.43. The molecule has 0 radical (unpaired) electrons. The van der Waals surface area contributed by atoms with Crippen LogP contribution >= 0.6 is 0 Å². The van der Waals surface area contributed by atoms with Gasteiger partial charge in [-0.25, -0.2) is 14.2 Å². The summed E-state index contributed by atoms with van der Waals surface area (Å²) in [6.45, 7) is 0.183. The lowest BCUT2D eigenvalue weighted by Gasteiger charge is -2.38. The number of fused-ring (bicyclic) bond motifs is 3. The lowest BCUT2D eigenvalue weighted by Crippen LogP contribution is -2.58. The number of halogens is 1. The van der Waals surface area contributed by atoms with E-state index in [1.54, 1.807) is 12.1 Å². The van der Waals surface area contributed by atoms with Crippen molar-refractivity contribution in [2.24, 2.45) is 11.7 Å². The third-order valence-corrected chi connectivity index (χ3v) is 5.71. The van der Waals surface area contributed by atoms with Gasteiger partial charge in [-0.05, 0) is 42.9 Å². The van der Waals surface area contributed by atoms with E-state index in [1.807, 2.05) is 0 Å². The van der Waals surface area contributed by atoms with Gasteiger partial charge in [-0.1, -0.05) is 12.1 Å². The second-order valence-electron chi connectivity index (χ2n) is 7.43. The van der Waals surface area contributed by atoms with E-state index in [4.69, 9.17) is 15.2 Å². The van der Waals surface area contributed by atoms with Crippen LogP contribution in [-0.4, -0.2) is 54.1 Å². The van der Waals surface area contributed by atoms with Gasteiger partial charge in [0, 0.05) is 11.5 Å². The maximum atomic E-state index is 14.2. The highest BCUT2D eigenvalue weighted by Gasteiger charge is 2.57. The number of aromatic hydroxyl groups is 1. The molecule has 2 amide bonds. The Hall–Kier alpha value is -3.37. The monoisotopic (exact) mass is 430 g/mol. The summed E-state index contributed by atoms with van der Waals surface area (Å²) >= 11 is 0. The normalized spacial score (nSPS) is 23.5. The molecule has 2 unspecified atom stereocenters. The first-order valence-corrected chi connectivity index (χ1v) is 9.70. The van der Waals surface area contributed by atoms with E-state index in [1.165, 1.54) is 54.5 Å². The number of primary amides is 1. The first kappa shape index (κ1) is 20.9. The zero-order chi connectivity index (χ0) is 22.3. The number of nitrogens with one attached hydrogen (secondary N) is 1. The molecule has 10 heteroatoms. The van der Waals surface area contributed by atoms with Crippen molar-refractivity contribution >= 4 is 12.0 Å². The minimum atomic E-state index is -1.09. The summed E-state index contributed by atoms with van der Waals surface area (Å²) in [6.07, 6.45) is -1.83. The van der Waals surface area contributed by atoms with Gasteiger partial charge in [-0.15, -0.1) is 0 Å². The topological polar surface area (TPSA) is 117 Å². The lowest BCUT2D eigenvalue weighted by molar-refractivity contribution is -0.134. The molecule has 9 nitrogen and oxygen atoms in total. The predicted octanol–water partition coefficient (Wildman–Crippen LogP) is 1.65. The van der Waals surface area contributed by atoms with E-state index in [2.05, 4.69) is 5.32 Å². The van der Waals surface area contributed by atoms with Crippen molar-refractivity contribution in [2.45, 2.75) is 18.2 Å². The molecule has 4 N–H and O–H groups in total. The first-order valence-electron chi connectivity index (χ1n) is 9.70. The Kier molecular flexibility index (Phi) is 5.42. The van der Waals surface area contributed by atoms with Gasteiger partial charge in [0.2, 0.25) is 0 Å². The molecule has 0 aliphatic carbocycles. The summed E-state index contributed by atoms with van der Waals surface area (Å²) in [6, 6.07) is 9.27. The number of benzene rings is 2. The summed E-state index contributed by atoms with van der Waals surface area (Å²) in [5.74, 6) is -1.15. The molecule has 2 aliphatic rings. The number of hydrazine groups is 1. The number of carbonyl (C=O) groups excluding carboxylic acids is 2. The number of carbonyl (C=O) groups is 2. The summed E-state index contributed by atoms with van der Waals surface area (Å²) in [5, 5.41) is 15.6. The molecule has 2 heterocycles. The van der Waals surface area contributed by atoms with Crippen LogP contribution in [0, 0.1) is 11.7 Å². The Morgan fingerprint density at radius 2 is 2.06 bits per heavy atom. The Labute approximate surface area is 178 Å². The molecule has 2 aromatic carbocycles. The van der Waals surface area contributed by atoms with Crippen LogP contribution in [0.3, 0.4) is 0 Å². The minimum Gasteiger partial charge on any atom is -0.508 e. The van der Waals surface area contributed by atoms with E-state index in [9.17, 15) is 19.1 Å². The fraction of sp³-hybridized carbons (Fsp3) is 0.333. The van der Waals surface area contributed by atoms with Crippen molar-refractivity contribution in [3.05, 3.63) is 59.4 Å². The molecule has 1 saturated heterocycles. The standard InChI is InChI=1S/C21H23FN4O5/c1-24-20(19(23)28)25-18-14-9-12(22)6-7-16(14)31-10-15(18)17(26(25)21(29)30-2)11-4-3-5-13(27)8-11/h3-9,15,17-18,20,24,27H,10H2,1-2H3,(H2,23,28)/t15-,17+,18?,20?/m0/s1. The number of likely N-dealkylation sites (N-methyl/N-ethyl adjacent to an activating group) is 1. The fourth-order valence-electron chi connectivity index (χ4n) is 4.54. The third-order valence-electron chi connectivity index (χ3n) is 5.71. The van der Waals surface area contributed by atoms with Gasteiger partial charge in [0.05, 0.1) is 25.8 Å². The number of ether oxygens (including phenoxy) is 2. The maximum Gasteiger partial charge on any atom is 0.424 e. The lowest BCUT2D eigenvalue weighted by atomic mass is 9.84. The van der Waals surface area contributed by atoms with Crippen LogP contribution < -0.4 is 15.8 Å². The molecular weight excluding hydrogens is 407 g/mol. The van der Waals surface area contributed by atoms with Crippen molar-refractivity contribution < 1.29 is 28.6 Å². The SMILES string of the molecule is CNC(C(N)=O)N1C2c3cc(F)ccc3OC[C@H]2[C@@H](c2cccc(O)c2)N1C(=O)OC. The van der Waals surface area contributed by atoms with Gasteiger partial charge in [0.1, 0.15) is 17.3 Å². The van der Waals surface area contributed by atoms with Gasteiger partial charge in [0.25, 0.3) is 5.91 Å². The number of rotatable bonds is 4. The van der Waals surface area contributed by atoms with Crippen molar-refractivity contribution in [1.82, 2.24) is 15.3 Å². The highest BCUT2D eigenvalue weighted by molar-refractivity contribution is 5.80. The predicted molar refractivity (Wildman–Crippen MR) is 107 cm³/mol. The number of hydrogen-bond donors (Lipinski definition) is 3. The maximum absolute atomic E-state index is 14.2. The Morgan fingerprint density at radius 1 is 1.29 bits per heavy atom. The summed E-state index contributed by atoms with van der Waals surface area (Å²) < 4.78 is 25.1. The molecule has 4 atom stereocenters. The first-order chi connectivity index (χ1) is 14.9. The highest BCUT2D eigenvalue weighted by atomic mass is 19.1. The molecular formula is C21H23FN4O5. The number of hydrogen-bond acceptors (Lipinski definition) is 7. The van der Waals surface area contributed by atoms with Crippen LogP contribution in [-0.2, 0) is 9.53 Å². The molecule has 0 aromatic heterocycles. The number of methoxy groups -OCH3 is 1. The molecule has 4 rings (SSSR count). The second kappa shape index (κ2) is 8.05. The Morgan fingerprint density at radius 3 is 2.71 bits per heavy atom. The summed E-state index contributed by atoms with van der Waals surface area (Å²) in [4.78, 5) is 25.3. The molecule has 1 fully saturated rings. The largest absolute Gasteiger partial charge is 0.508 e. The zero-order valence-corrected chi connectivity index (χ0v) is 17.0. The molecule has 0 saturated carbocycles. The average Bonchev–Trinajstić information content (AvgIpc) is 3.09. The molecule has 2 aromatic rings. The molecule has 0 bridgehead atoms. The van der Waals surface area contributed by atoms with Crippen LogP contribution in [0.25, 0.3) is 0 Å². The van der Waals surface area contributed by atoms with Crippen LogP contribution in [0.15, 0.2) is 42.5 Å². The van der Waals surface area contributed by atoms with E-state index in [0.717, 1.165) is 0 Å². The van der Waals surface area contributed by atoms with Gasteiger partial charge < -0.3 is 20.3 Å². The van der Waals surface area contributed by atoms with Crippen LogP contribution in [0.2, 0.25) is 0 Å². The molecule has 31 heavy (non-hydrogen) atoms. The van der Waals surface area contributed by atoms with Crippen molar-refractivity contribution in [1.29, 1.82) is 0 Å². The smallest absolute Gasteiger partial charge is 0.424 e. The average molecular weight is 430 g/mol. The van der Waals surface area contributed by atoms with Crippen molar-refractivity contribution in [3.8, 4) is 11.5 Å². The fourth-order valence-corrected chi connectivity index (χ4v) is 4.54. The van der Waals surface area contributed by atoms with Gasteiger partial charge in [0.15, 0.2) is 6.17 Å². The quantitative estimate of drug-likeness (QED) is 0.675. The summed E-state index contributed by atoms with van der Waals surface area (Å²) in [7, 11) is 2.76. The van der Waals surface area contributed by atoms with Crippen LogP contribution in [0.1, 0.15) is 23.2 Å². The Bertz CT molecular complexity index is 1020. The highest BCUT2D eigenvalue weighted by Crippen LogP contribution is 2.54. The van der Waals surface area contributed by atoms with Gasteiger partial charge >= 0.3 is 6.09 Å². The van der Waals surface area contributed by atoms with Crippen molar-refractivity contribution in [2.75, 3.05) is 20.8 Å². The number of amides is 2. The van der Waals surface area contributed by atoms with Gasteiger partial charge in [-0.2, -0.15) is 5.01 Å².